The Morgan fingerprint density at radius 1 is 1.25 bits per heavy atom. The lowest BCUT2D eigenvalue weighted by molar-refractivity contribution is 1.04. The molecular formula is C11H15N5. The van der Waals surface area contributed by atoms with Gasteiger partial charge in [-0.25, -0.2) is 5.10 Å². The molecule has 0 saturated carbocycles. The van der Waals surface area contributed by atoms with E-state index in [0.29, 0.717) is 18.4 Å². The lowest BCUT2D eigenvalue weighted by Gasteiger charge is -2.03. The van der Waals surface area contributed by atoms with Gasteiger partial charge in [0.05, 0.1) is 0 Å². The summed E-state index contributed by atoms with van der Waals surface area (Å²) in [6.07, 6.45) is 1.06. The predicted octanol–water partition coefficient (Wildman–Crippen LogP) is 1.56. The monoisotopic (exact) mass is 217 g/mol. The predicted molar refractivity (Wildman–Crippen MR) is 63.9 cm³/mol. The molecular weight excluding hydrogens is 202 g/mol. The van der Waals surface area contributed by atoms with Gasteiger partial charge < -0.3 is 11.1 Å². The number of rotatable bonds is 4. The summed E-state index contributed by atoms with van der Waals surface area (Å²) in [7, 11) is 0. The molecule has 0 amide bonds. The number of anilines is 2. The number of hydrogen-bond acceptors (Lipinski definition) is 4. The molecule has 0 bridgehead atoms. The molecule has 4 N–H and O–H groups in total. The highest BCUT2D eigenvalue weighted by atomic mass is 15.3. The molecule has 0 aliphatic heterocycles. The minimum Gasteiger partial charge on any atom is -0.368 e. The van der Waals surface area contributed by atoms with Crippen molar-refractivity contribution in [2.24, 2.45) is 0 Å². The highest BCUT2D eigenvalue weighted by Crippen LogP contribution is 2.07. The minimum absolute atomic E-state index is 0.323. The van der Waals surface area contributed by atoms with E-state index in [-0.39, 0.29) is 0 Å². The number of aromatic nitrogens is 3. The molecule has 1 heterocycles. The van der Waals surface area contributed by atoms with Gasteiger partial charge >= 0.3 is 0 Å². The summed E-state index contributed by atoms with van der Waals surface area (Å²) in [6.45, 7) is 2.84. The first-order chi connectivity index (χ1) is 7.78. The Morgan fingerprint density at radius 3 is 2.50 bits per heavy atom. The van der Waals surface area contributed by atoms with Gasteiger partial charge in [-0.1, -0.05) is 31.2 Å². The van der Waals surface area contributed by atoms with Gasteiger partial charge in [0, 0.05) is 6.54 Å². The van der Waals surface area contributed by atoms with Crippen molar-refractivity contribution in [3.8, 4) is 0 Å². The third kappa shape index (κ3) is 2.50. The van der Waals surface area contributed by atoms with E-state index in [1.165, 1.54) is 11.1 Å². The Kier molecular flexibility index (Phi) is 3.05. The number of aryl methyl sites for hydroxylation is 1. The number of H-pyrrole nitrogens is 1. The van der Waals surface area contributed by atoms with E-state index in [1.807, 2.05) is 0 Å². The minimum atomic E-state index is 0.323. The number of nitrogens with zero attached hydrogens (tertiary/aromatic N) is 2. The van der Waals surface area contributed by atoms with Crippen molar-refractivity contribution in [3.05, 3.63) is 35.4 Å². The zero-order valence-corrected chi connectivity index (χ0v) is 9.20. The number of nitrogen functional groups attached to an aromatic ring is 1. The van der Waals surface area contributed by atoms with Crippen LogP contribution >= 0.6 is 0 Å². The van der Waals surface area contributed by atoms with E-state index in [2.05, 4.69) is 51.7 Å². The molecule has 16 heavy (non-hydrogen) atoms. The van der Waals surface area contributed by atoms with E-state index in [0.717, 1.165) is 6.42 Å². The fourth-order valence-corrected chi connectivity index (χ4v) is 1.43. The van der Waals surface area contributed by atoms with Gasteiger partial charge in [-0.05, 0) is 17.5 Å². The highest BCUT2D eigenvalue weighted by molar-refractivity contribution is 5.32. The quantitative estimate of drug-likeness (QED) is 0.726. The number of nitrogens with one attached hydrogen (secondary N) is 2. The van der Waals surface area contributed by atoms with E-state index < -0.39 is 0 Å². The van der Waals surface area contributed by atoms with E-state index in [1.54, 1.807) is 0 Å². The summed E-state index contributed by atoms with van der Waals surface area (Å²) >= 11 is 0. The molecule has 0 aliphatic carbocycles. The molecule has 1 aromatic heterocycles. The summed E-state index contributed by atoms with van der Waals surface area (Å²) in [5, 5.41) is 9.56. The maximum atomic E-state index is 5.42. The summed E-state index contributed by atoms with van der Waals surface area (Å²) < 4.78 is 0. The number of aromatic amines is 1. The largest absolute Gasteiger partial charge is 0.368 e. The fourth-order valence-electron chi connectivity index (χ4n) is 1.43. The van der Waals surface area contributed by atoms with Gasteiger partial charge in [0.2, 0.25) is 11.9 Å². The van der Waals surface area contributed by atoms with Crippen molar-refractivity contribution < 1.29 is 0 Å². The molecule has 0 fully saturated rings. The second-order valence-corrected chi connectivity index (χ2v) is 3.57. The van der Waals surface area contributed by atoms with Gasteiger partial charge in [-0.15, -0.1) is 5.10 Å². The second kappa shape index (κ2) is 4.65. The molecule has 0 spiro atoms. The Hall–Kier alpha value is -2.04. The molecule has 0 aliphatic rings. The van der Waals surface area contributed by atoms with E-state index >= 15 is 0 Å². The normalized spacial score (nSPS) is 10.3. The first kappa shape index (κ1) is 10.5. The third-order valence-corrected chi connectivity index (χ3v) is 2.38. The van der Waals surface area contributed by atoms with Gasteiger partial charge in [-0.2, -0.15) is 4.98 Å². The van der Waals surface area contributed by atoms with Gasteiger partial charge in [0.25, 0.3) is 0 Å². The molecule has 5 nitrogen and oxygen atoms in total. The molecule has 2 rings (SSSR count). The van der Waals surface area contributed by atoms with Crippen LogP contribution in [0.15, 0.2) is 24.3 Å². The second-order valence-electron chi connectivity index (χ2n) is 3.57. The van der Waals surface area contributed by atoms with Crippen LogP contribution in [0.5, 0.6) is 0 Å². The SMILES string of the molecule is CCc1ccc(CNc2n[nH]c(N)n2)cc1. The van der Waals surface area contributed by atoms with Crippen LogP contribution in [0.1, 0.15) is 18.1 Å². The average Bonchev–Trinajstić information content (AvgIpc) is 2.73. The van der Waals surface area contributed by atoms with Crippen molar-refractivity contribution in [1.82, 2.24) is 15.2 Å². The van der Waals surface area contributed by atoms with Crippen LogP contribution in [0, 0.1) is 0 Å². The van der Waals surface area contributed by atoms with Crippen molar-refractivity contribution >= 4 is 11.9 Å². The Bertz CT molecular complexity index is 446. The van der Waals surface area contributed by atoms with Gasteiger partial charge in [-0.3, -0.25) is 0 Å². The summed E-state index contributed by atoms with van der Waals surface area (Å²) in [5.74, 6) is 0.848. The van der Waals surface area contributed by atoms with Crippen LogP contribution < -0.4 is 11.1 Å². The maximum absolute atomic E-state index is 5.42. The zero-order chi connectivity index (χ0) is 11.4. The van der Waals surface area contributed by atoms with Crippen molar-refractivity contribution in [2.45, 2.75) is 19.9 Å². The van der Waals surface area contributed by atoms with Crippen LogP contribution in [-0.4, -0.2) is 15.2 Å². The highest BCUT2D eigenvalue weighted by Gasteiger charge is 1.99. The molecule has 0 saturated heterocycles. The molecule has 2 aromatic rings. The lowest BCUT2D eigenvalue weighted by Crippen LogP contribution is -2.01. The standard InChI is InChI=1S/C11H15N5/c1-2-8-3-5-9(6-4-8)7-13-11-14-10(12)15-16-11/h3-6H,2,7H2,1H3,(H4,12,13,14,15,16). The first-order valence-electron chi connectivity index (χ1n) is 5.27. The average molecular weight is 217 g/mol. The third-order valence-electron chi connectivity index (χ3n) is 2.38. The van der Waals surface area contributed by atoms with Crippen LogP contribution in [0.3, 0.4) is 0 Å². The van der Waals surface area contributed by atoms with Crippen LogP contribution in [0.4, 0.5) is 11.9 Å². The first-order valence-corrected chi connectivity index (χ1v) is 5.27. The van der Waals surface area contributed by atoms with Crippen molar-refractivity contribution in [1.29, 1.82) is 0 Å². The van der Waals surface area contributed by atoms with Crippen molar-refractivity contribution in [3.63, 3.8) is 0 Å². The van der Waals surface area contributed by atoms with Crippen LogP contribution in [0.25, 0.3) is 0 Å². The molecule has 1 aromatic carbocycles. The number of hydrogen-bond donors (Lipinski definition) is 3. The number of nitrogens with two attached hydrogens (primary N) is 1. The summed E-state index contributed by atoms with van der Waals surface area (Å²) in [5.41, 5.74) is 7.95. The summed E-state index contributed by atoms with van der Waals surface area (Å²) in [4.78, 5) is 3.96. The Labute approximate surface area is 94.1 Å². The topological polar surface area (TPSA) is 79.6 Å². The van der Waals surface area contributed by atoms with Crippen molar-refractivity contribution in [2.75, 3.05) is 11.1 Å². The van der Waals surface area contributed by atoms with Gasteiger partial charge in [0.1, 0.15) is 0 Å². The zero-order valence-electron chi connectivity index (χ0n) is 9.20. The fraction of sp³-hybridized carbons (Fsp3) is 0.273. The molecule has 0 atom stereocenters. The number of benzene rings is 1. The van der Waals surface area contributed by atoms with Crippen LogP contribution in [0.2, 0.25) is 0 Å². The van der Waals surface area contributed by atoms with Gasteiger partial charge in [0.15, 0.2) is 0 Å². The molecule has 84 valence electrons. The van der Waals surface area contributed by atoms with Crippen LogP contribution in [-0.2, 0) is 13.0 Å². The Morgan fingerprint density at radius 2 is 1.94 bits per heavy atom. The smallest absolute Gasteiger partial charge is 0.243 e. The Balaban J connectivity index is 1.94. The molecule has 5 heteroatoms. The van der Waals surface area contributed by atoms with E-state index in [9.17, 15) is 0 Å². The molecule has 0 radical (unpaired) electrons. The van der Waals surface area contributed by atoms with E-state index in [4.69, 9.17) is 5.73 Å². The maximum Gasteiger partial charge on any atom is 0.243 e. The lowest BCUT2D eigenvalue weighted by atomic mass is 10.1. The summed E-state index contributed by atoms with van der Waals surface area (Å²) in [6, 6.07) is 8.45. The molecule has 0 unspecified atom stereocenters.